The summed E-state index contributed by atoms with van der Waals surface area (Å²) >= 11 is 0. The number of pyridine rings is 1. The molecule has 0 saturated carbocycles. The molecule has 0 spiro atoms. The molecule has 0 unspecified atom stereocenters. The van der Waals surface area contributed by atoms with Crippen LogP contribution in [0.15, 0.2) is 108 Å². The number of aromatic nitrogens is 5. The van der Waals surface area contributed by atoms with Crippen molar-refractivity contribution in [2.24, 2.45) is 0 Å². The summed E-state index contributed by atoms with van der Waals surface area (Å²) in [5, 5.41) is 0.951. The smallest absolute Gasteiger partial charge is 0.246 e. The van der Waals surface area contributed by atoms with Crippen molar-refractivity contribution < 1.29 is 4.42 Å². The van der Waals surface area contributed by atoms with Gasteiger partial charge in [0.2, 0.25) is 5.71 Å². The normalized spacial score (nSPS) is 11.8. The Bertz CT molecular complexity index is 2360. The molecule has 224 valence electrons. The van der Waals surface area contributed by atoms with Crippen LogP contribution in [0.3, 0.4) is 0 Å². The van der Waals surface area contributed by atoms with Gasteiger partial charge < -0.3 is 4.42 Å². The molecule has 0 atom stereocenters. The average Bonchev–Trinajstić information content (AvgIpc) is 3.65. The zero-order chi connectivity index (χ0) is 31.5. The van der Waals surface area contributed by atoms with Gasteiger partial charge in [0.05, 0.1) is 33.4 Å². The molecule has 46 heavy (non-hydrogen) atoms. The van der Waals surface area contributed by atoms with Gasteiger partial charge in [-0.3, -0.25) is 9.55 Å². The molecule has 4 heterocycles. The lowest BCUT2D eigenvalue weighted by Gasteiger charge is -2.22. The predicted molar refractivity (Wildman–Crippen MR) is 186 cm³/mol. The van der Waals surface area contributed by atoms with Crippen LogP contribution in [-0.4, -0.2) is 24.5 Å². The van der Waals surface area contributed by atoms with E-state index in [4.69, 9.17) is 14.4 Å². The van der Waals surface area contributed by atoms with Crippen molar-refractivity contribution in [2.45, 2.75) is 40.5 Å². The standard InChI is InChI=1S/C40H33N5O/c1-23(2)29-21-31(27-12-8-6-9-13-27)37(32(22-29)28-14-10-7-11-15-28)45-36-26(5)43-25(4)20-33(36)44-39(45)30-17-16-24(3)34-35-40(46-38(30)34)42-19-18-41-35/h6-23H,1-5H3. The summed E-state index contributed by atoms with van der Waals surface area (Å²) < 4.78 is 8.81. The summed E-state index contributed by atoms with van der Waals surface area (Å²) in [5.41, 5.74) is 14.5. The zero-order valence-corrected chi connectivity index (χ0v) is 26.5. The minimum Gasteiger partial charge on any atom is -0.435 e. The third-order valence-electron chi connectivity index (χ3n) is 8.84. The molecule has 0 N–H and O–H groups in total. The predicted octanol–water partition coefficient (Wildman–Crippen LogP) is 10.2. The molecule has 0 aliphatic rings. The second-order valence-corrected chi connectivity index (χ2v) is 12.3. The maximum atomic E-state index is 6.50. The van der Waals surface area contributed by atoms with Gasteiger partial charge in [-0.25, -0.2) is 15.0 Å². The Kier molecular flexibility index (Phi) is 6.53. The highest BCUT2D eigenvalue weighted by atomic mass is 16.3. The van der Waals surface area contributed by atoms with E-state index in [2.05, 4.69) is 133 Å². The van der Waals surface area contributed by atoms with E-state index in [-0.39, 0.29) is 0 Å². The molecule has 4 aromatic heterocycles. The Balaban J connectivity index is 1.58. The van der Waals surface area contributed by atoms with E-state index in [1.54, 1.807) is 12.4 Å². The van der Waals surface area contributed by atoms with Crippen LogP contribution in [0.25, 0.3) is 72.6 Å². The fourth-order valence-corrected chi connectivity index (χ4v) is 6.66. The van der Waals surface area contributed by atoms with Crippen LogP contribution in [0.2, 0.25) is 0 Å². The highest BCUT2D eigenvalue weighted by Gasteiger charge is 2.27. The summed E-state index contributed by atoms with van der Waals surface area (Å²) in [6.07, 6.45) is 3.38. The summed E-state index contributed by atoms with van der Waals surface area (Å²) in [4.78, 5) is 19.5. The fourth-order valence-electron chi connectivity index (χ4n) is 6.66. The van der Waals surface area contributed by atoms with Crippen molar-refractivity contribution >= 4 is 33.2 Å². The van der Waals surface area contributed by atoms with Crippen LogP contribution in [0, 0.1) is 20.8 Å². The second kappa shape index (κ2) is 10.8. The van der Waals surface area contributed by atoms with Gasteiger partial charge in [0.1, 0.15) is 16.9 Å². The van der Waals surface area contributed by atoms with E-state index >= 15 is 0 Å². The van der Waals surface area contributed by atoms with E-state index < -0.39 is 0 Å². The first-order valence-corrected chi connectivity index (χ1v) is 15.7. The SMILES string of the molecule is Cc1cc2nc(-c3ccc(C)c4c3oc3nccnc34)n(-c3c(-c4ccccc4)cc(C(C)C)cc3-c3ccccc3)c2c(C)n1. The Morgan fingerprint density at radius 1 is 0.696 bits per heavy atom. The average molecular weight is 600 g/mol. The maximum absolute atomic E-state index is 6.50. The lowest BCUT2D eigenvalue weighted by molar-refractivity contribution is 0.653. The van der Waals surface area contributed by atoms with Gasteiger partial charge in [-0.05, 0) is 73.2 Å². The molecule has 0 aliphatic heterocycles. The lowest BCUT2D eigenvalue weighted by Crippen LogP contribution is -2.06. The molecule has 0 bridgehead atoms. The molecule has 6 nitrogen and oxygen atoms in total. The number of nitrogens with zero attached hydrogens (tertiary/aromatic N) is 5. The summed E-state index contributed by atoms with van der Waals surface area (Å²) in [6, 6.07) is 32.3. The van der Waals surface area contributed by atoms with E-state index in [1.165, 1.54) is 5.56 Å². The lowest BCUT2D eigenvalue weighted by atomic mass is 9.89. The quantitative estimate of drug-likeness (QED) is 0.197. The van der Waals surface area contributed by atoms with Gasteiger partial charge in [-0.1, -0.05) is 80.6 Å². The molecule has 0 amide bonds. The van der Waals surface area contributed by atoms with Gasteiger partial charge in [-0.15, -0.1) is 0 Å². The highest BCUT2D eigenvalue weighted by molar-refractivity contribution is 6.09. The molecule has 8 rings (SSSR count). The van der Waals surface area contributed by atoms with Crippen molar-refractivity contribution in [1.29, 1.82) is 0 Å². The monoisotopic (exact) mass is 599 g/mol. The molecule has 6 heteroatoms. The number of fused-ring (bicyclic) bond motifs is 4. The summed E-state index contributed by atoms with van der Waals surface area (Å²) in [6.45, 7) is 10.7. The Morgan fingerprint density at radius 3 is 2.00 bits per heavy atom. The minimum absolute atomic E-state index is 0.330. The molecule has 0 saturated heterocycles. The third-order valence-corrected chi connectivity index (χ3v) is 8.84. The number of hydrogen-bond donors (Lipinski definition) is 0. The van der Waals surface area contributed by atoms with Gasteiger partial charge >= 0.3 is 0 Å². The van der Waals surface area contributed by atoms with Crippen molar-refractivity contribution in [3.05, 3.63) is 126 Å². The number of furan rings is 1. The molecule has 4 aromatic carbocycles. The third kappa shape index (κ3) is 4.40. The first-order chi connectivity index (χ1) is 22.4. The van der Waals surface area contributed by atoms with Crippen LogP contribution in [0.4, 0.5) is 0 Å². The van der Waals surface area contributed by atoms with Gasteiger partial charge in [0.25, 0.3) is 0 Å². The molecule has 0 aliphatic carbocycles. The maximum Gasteiger partial charge on any atom is 0.246 e. The first-order valence-electron chi connectivity index (χ1n) is 15.7. The highest BCUT2D eigenvalue weighted by Crippen LogP contribution is 2.44. The van der Waals surface area contributed by atoms with Crippen LogP contribution < -0.4 is 0 Å². The number of imidazole rings is 1. The topological polar surface area (TPSA) is 69.6 Å². The van der Waals surface area contributed by atoms with E-state index in [1.807, 2.05) is 6.92 Å². The molecule has 0 radical (unpaired) electrons. The molecule has 8 aromatic rings. The van der Waals surface area contributed by atoms with Crippen LogP contribution in [-0.2, 0) is 0 Å². The number of rotatable bonds is 5. The fraction of sp³-hybridized carbons (Fsp3) is 0.150. The van der Waals surface area contributed by atoms with E-state index in [0.29, 0.717) is 11.6 Å². The van der Waals surface area contributed by atoms with Crippen LogP contribution >= 0.6 is 0 Å². The minimum atomic E-state index is 0.330. The van der Waals surface area contributed by atoms with Gasteiger partial charge in [-0.2, -0.15) is 0 Å². The van der Waals surface area contributed by atoms with Gasteiger partial charge in [0, 0.05) is 29.2 Å². The van der Waals surface area contributed by atoms with Crippen molar-refractivity contribution in [1.82, 2.24) is 24.5 Å². The largest absolute Gasteiger partial charge is 0.435 e. The number of aryl methyl sites for hydroxylation is 3. The van der Waals surface area contributed by atoms with E-state index in [0.717, 1.165) is 83.8 Å². The van der Waals surface area contributed by atoms with Crippen molar-refractivity contribution in [3.8, 4) is 39.3 Å². The Labute approximate surface area is 267 Å². The van der Waals surface area contributed by atoms with Crippen molar-refractivity contribution in [2.75, 3.05) is 0 Å². The zero-order valence-electron chi connectivity index (χ0n) is 26.5. The Hall–Kier alpha value is -5.62. The van der Waals surface area contributed by atoms with E-state index in [9.17, 15) is 0 Å². The van der Waals surface area contributed by atoms with Crippen LogP contribution in [0.5, 0.6) is 0 Å². The molecule has 0 fully saturated rings. The molecular formula is C40H33N5O. The van der Waals surface area contributed by atoms with Gasteiger partial charge in [0.15, 0.2) is 0 Å². The van der Waals surface area contributed by atoms with Crippen molar-refractivity contribution in [3.63, 3.8) is 0 Å². The second-order valence-electron chi connectivity index (χ2n) is 12.3. The number of hydrogen-bond acceptors (Lipinski definition) is 5. The van der Waals surface area contributed by atoms with Crippen LogP contribution in [0.1, 0.15) is 42.3 Å². The Morgan fingerprint density at radius 2 is 1.35 bits per heavy atom. The first kappa shape index (κ1) is 27.9. The number of benzene rings is 4. The summed E-state index contributed by atoms with van der Waals surface area (Å²) in [5.74, 6) is 1.11. The molecular weight excluding hydrogens is 566 g/mol. The summed E-state index contributed by atoms with van der Waals surface area (Å²) in [7, 11) is 0.